The summed E-state index contributed by atoms with van der Waals surface area (Å²) in [6.07, 6.45) is 4.97. The Hall–Kier alpha value is -0.910. The molecule has 5 heteroatoms. The first-order valence-corrected chi connectivity index (χ1v) is 6.14. The van der Waals surface area contributed by atoms with E-state index in [0.717, 1.165) is 31.9 Å². The smallest absolute Gasteiger partial charge is 0.110 e. The SMILES string of the molecule is CNC(Cc1nccn1C)C1CN(C)CCO1. The molecule has 1 N–H and O–H groups in total. The standard InChI is InChI=1S/C12H22N4O/c1-13-10(8-12-14-4-5-16(12)3)11-9-15(2)6-7-17-11/h4-5,10-11,13H,6-9H2,1-3H3. The van der Waals surface area contributed by atoms with E-state index < -0.39 is 0 Å². The number of ether oxygens (including phenoxy) is 1. The first-order chi connectivity index (χ1) is 8.20. The molecule has 1 aromatic heterocycles. The minimum atomic E-state index is 0.246. The van der Waals surface area contributed by atoms with Gasteiger partial charge in [-0.25, -0.2) is 4.98 Å². The van der Waals surface area contributed by atoms with Gasteiger partial charge in [-0.05, 0) is 14.1 Å². The van der Waals surface area contributed by atoms with Crippen molar-refractivity contribution in [3.8, 4) is 0 Å². The lowest BCUT2D eigenvalue weighted by Gasteiger charge is -2.35. The first kappa shape index (κ1) is 12.5. The molecule has 2 rings (SSSR count). The third-order valence-electron chi connectivity index (χ3n) is 3.44. The molecule has 1 aliphatic heterocycles. The third-order valence-corrected chi connectivity index (χ3v) is 3.44. The zero-order valence-electron chi connectivity index (χ0n) is 10.9. The number of rotatable bonds is 4. The molecule has 0 bridgehead atoms. The van der Waals surface area contributed by atoms with Gasteiger partial charge in [0.05, 0.1) is 12.7 Å². The molecule has 1 aromatic rings. The summed E-state index contributed by atoms with van der Waals surface area (Å²) in [5, 5.41) is 3.35. The van der Waals surface area contributed by atoms with Crippen molar-refractivity contribution in [1.29, 1.82) is 0 Å². The number of likely N-dealkylation sites (N-methyl/N-ethyl adjacent to an activating group) is 2. The molecule has 0 amide bonds. The molecule has 17 heavy (non-hydrogen) atoms. The lowest BCUT2D eigenvalue weighted by atomic mass is 10.1. The molecular formula is C12H22N4O. The van der Waals surface area contributed by atoms with Crippen LogP contribution in [0.25, 0.3) is 0 Å². The first-order valence-electron chi connectivity index (χ1n) is 6.14. The summed E-state index contributed by atoms with van der Waals surface area (Å²) in [4.78, 5) is 6.69. The molecule has 0 saturated carbocycles. The number of morpholine rings is 1. The van der Waals surface area contributed by atoms with Gasteiger partial charge in [0.15, 0.2) is 0 Å². The molecule has 0 radical (unpaired) electrons. The Morgan fingerprint density at radius 1 is 1.59 bits per heavy atom. The average Bonchev–Trinajstić information content (AvgIpc) is 2.71. The number of hydrogen-bond donors (Lipinski definition) is 1. The Kier molecular flexibility index (Phi) is 4.15. The van der Waals surface area contributed by atoms with Crippen LogP contribution in [0.1, 0.15) is 5.82 Å². The molecule has 2 heterocycles. The average molecular weight is 238 g/mol. The van der Waals surface area contributed by atoms with E-state index in [9.17, 15) is 0 Å². The van der Waals surface area contributed by atoms with Crippen molar-refractivity contribution in [2.45, 2.75) is 18.6 Å². The van der Waals surface area contributed by atoms with Crippen molar-refractivity contribution in [3.63, 3.8) is 0 Å². The van der Waals surface area contributed by atoms with E-state index in [4.69, 9.17) is 4.74 Å². The van der Waals surface area contributed by atoms with Gasteiger partial charge < -0.3 is 19.5 Å². The summed E-state index contributed by atoms with van der Waals surface area (Å²) < 4.78 is 7.92. The second-order valence-electron chi connectivity index (χ2n) is 4.73. The zero-order valence-corrected chi connectivity index (χ0v) is 10.9. The minimum Gasteiger partial charge on any atom is -0.374 e. The van der Waals surface area contributed by atoms with Crippen LogP contribution in [0.4, 0.5) is 0 Å². The van der Waals surface area contributed by atoms with Crippen LogP contribution in [0.2, 0.25) is 0 Å². The summed E-state index contributed by atoms with van der Waals surface area (Å²) >= 11 is 0. The second-order valence-corrected chi connectivity index (χ2v) is 4.73. The number of imidazole rings is 1. The maximum Gasteiger partial charge on any atom is 0.110 e. The summed E-state index contributed by atoms with van der Waals surface area (Å²) in [5.41, 5.74) is 0. The predicted octanol–water partition coefficient (Wildman–Crippen LogP) is -0.119. The summed E-state index contributed by atoms with van der Waals surface area (Å²) in [5.74, 6) is 1.10. The highest BCUT2D eigenvalue weighted by molar-refractivity contribution is 4.97. The minimum absolute atomic E-state index is 0.246. The largest absolute Gasteiger partial charge is 0.374 e. The van der Waals surface area contributed by atoms with Crippen LogP contribution >= 0.6 is 0 Å². The van der Waals surface area contributed by atoms with Gasteiger partial charge in [0.1, 0.15) is 5.82 Å². The van der Waals surface area contributed by atoms with Gasteiger partial charge >= 0.3 is 0 Å². The molecule has 0 spiro atoms. The van der Waals surface area contributed by atoms with Crippen LogP contribution < -0.4 is 5.32 Å². The fourth-order valence-electron chi connectivity index (χ4n) is 2.26. The monoisotopic (exact) mass is 238 g/mol. The van der Waals surface area contributed by atoms with Crippen LogP contribution in [0, 0.1) is 0 Å². The summed E-state index contributed by atoms with van der Waals surface area (Å²) in [7, 11) is 6.16. The Bertz CT molecular complexity index is 352. The van der Waals surface area contributed by atoms with Crippen LogP contribution in [-0.2, 0) is 18.2 Å². The van der Waals surface area contributed by atoms with E-state index in [1.807, 2.05) is 26.5 Å². The molecule has 1 aliphatic rings. The number of aromatic nitrogens is 2. The highest BCUT2D eigenvalue weighted by atomic mass is 16.5. The molecular weight excluding hydrogens is 216 g/mol. The summed E-state index contributed by atoms with van der Waals surface area (Å²) in [6.45, 7) is 2.82. The third kappa shape index (κ3) is 3.06. The molecule has 5 nitrogen and oxygen atoms in total. The number of nitrogens with one attached hydrogen (secondary N) is 1. The van der Waals surface area contributed by atoms with Gasteiger partial charge in [-0.2, -0.15) is 0 Å². The van der Waals surface area contributed by atoms with Crippen molar-refractivity contribution in [2.24, 2.45) is 7.05 Å². The van der Waals surface area contributed by atoms with Crippen molar-refractivity contribution < 1.29 is 4.74 Å². The van der Waals surface area contributed by atoms with Crippen molar-refractivity contribution in [1.82, 2.24) is 19.8 Å². The fourth-order valence-corrected chi connectivity index (χ4v) is 2.26. The van der Waals surface area contributed by atoms with Crippen LogP contribution in [0.5, 0.6) is 0 Å². The second kappa shape index (κ2) is 5.62. The molecule has 1 fully saturated rings. The predicted molar refractivity (Wildman–Crippen MR) is 67.0 cm³/mol. The number of aryl methyl sites for hydroxylation is 1. The Morgan fingerprint density at radius 2 is 2.41 bits per heavy atom. The Balaban J connectivity index is 1.98. The number of nitrogens with zero attached hydrogens (tertiary/aromatic N) is 3. The van der Waals surface area contributed by atoms with Gasteiger partial charge in [0.25, 0.3) is 0 Å². The van der Waals surface area contributed by atoms with E-state index in [1.165, 1.54) is 0 Å². The Labute approximate surface area is 103 Å². The normalized spacial score (nSPS) is 23.8. The fraction of sp³-hybridized carbons (Fsp3) is 0.750. The molecule has 1 saturated heterocycles. The highest BCUT2D eigenvalue weighted by Crippen LogP contribution is 2.11. The van der Waals surface area contributed by atoms with E-state index in [0.29, 0.717) is 6.04 Å². The highest BCUT2D eigenvalue weighted by Gasteiger charge is 2.26. The van der Waals surface area contributed by atoms with Crippen molar-refractivity contribution >= 4 is 0 Å². The van der Waals surface area contributed by atoms with Crippen LogP contribution in [0.3, 0.4) is 0 Å². The van der Waals surface area contributed by atoms with Gasteiger partial charge in [-0.1, -0.05) is 0 Å². The van der Waals surface area contributed by atoms with Gasteiger partial charge in [-0.3, -0.25) is 0 Å². The van der Waals surface area contributed by atoms with Gasteiger partial charge in [0.2, 0.25) is 0 Å². The molecule has 2 atom stereocenters. The van der Waals surface area contributed by atoms with Gasteiger partial charge in [-0.15, -0.1) is 0 Å². The van der Waals surface area contributed by atoms with Crippen molar-refractivity contribution in [2.75, 3.05) is 33.8 Å². The molecule has 0 aliphatic carbocycles. The number of hydrogen-bond acceptors (Lipinski definition) is 4. The molecule has 2 unspecified atom stereocenters. The Morgan fingerprint density at radius 3 is 3.00 bits per heavy atom. The van der Waals surface area contributed by atoms with E-state index in [2.05, 4.69) is 26.8 Å². The quantitative estimate of drug-likeness (QED) is 0.794. The van der Waals surface area contributed by atoms with Crippen molar-refractivity contribution in [3.05, 3.63) is 18.2 Å². The molecule has 96 valence electrons. The lowest BCUT2D eigenvalue weighted by Crippen LogP contribution is -2.51. The lowest BCUT2D eigenvalue weighted by molar-refractivity contribution is -0.0375. The maximum absolute atomic E-state index is 5.85. The van der Waals surface area contributed by atoms with Crippen LogP contribution in [0.15, 0.2) is 12.4 Å². The zero-order chi connectivity index (χ0) is 12.3. The van der Waals surface area contributed by atoms with E-state index in [1.54, 1.807) is 0 Å². The van der Waals surface area contributed by atoms with Gasteiger partial charge in [0, 0.05) is 45.0 Å². The maximum atomic E-state index is 5.85. The van der Waals surface area contributed by atoms with E-state index in [-0.39, 0.29) is 6.10 Å². The topological polar surface area (TPSA) is 42.3 Å². The van der Waals surface area contributed by atoms with E-state index >= 15 is 0 Å². The summed E-state index contributed by atoms with van der Waals surface area (Å²) in [6, 6.07) is 0.318. The van der Waals surface area contributed by atoms with Crippen LogP contribution in [-0.4, -0.2) is 60.4 Å². The molecule has 0 aromatic carbocycles.